The molecule has 0 fully saturated rings. The minimum atomic E-state index is 0. The predicted octanol–water partition coefficient (Wildman–Crippen LogP) is 12.9. The summed E-state index contributed by atoms with van der Waals surface area (Å²) in [6.45, 7) is 0. The van der Waals surface area contributed by atoms with Crippen LogP contribution in [0.2, 0.25) is 0 Å². The van der Waals surface area contributed by atoms with Gasteiger partial charge in [0.25, 0.3) is 0 Å². The Hall–Kier alpha value is -7.90. The second-order valence-electron chi connectivity index (χ2n) is 17.1. The fourth-order valence-electron chi connectivity index (χ4n) is 10.00. The molecule has 0 bridgehead atoms. The molecule has 13 rings (SSSR count). The van der Waals surface area contributed by atoms with Crippen molar-refractivity contribution in [3.63, 3.8) is 0 Å². The van der Waals surface area contributed by atoms with E-state index < -0.39 is 0 Å². The molecule has 0 aliphatic rings. The SMILES string of the molecule is [Ir+3].[c-]1ccccc1-c1ncc(-c2ccccc2-c2cc(CCc3cnc4c5[c-]cccc5c5cncn5c4c3)cc(CCc3cnc4c5[c-]cccc5c5cncn5c4c3)c2)c2ccccc12. The van der Waals surface area contributed by atoms with Crippen LogP contribution < -0.4 is 0 Å². The maximum Gasteiger partial charge on any atom is 3.00 e. The Kier molecular flexibility index (Phi) is 10.2. The Morgan fingerprint density at radius 2 is 0.940 bits per heavy atom. The molecule has 0 radical (unpaired) electrons. The molecule has 0 aliphatic heterocycles. The summed E-state index contributed by atoms with van der Waals surface area (Å²) in [7, 11) is 0. The van der Waals surface area contributed by atoms with Gasteiger partial charge in [-0.25, -0.2) is 9.97 Å². The molecule has 7 heterocycles. The average molecular weight is 1040 g/mol. The number of hydrogen-bond donors (Lipinski definition) is 0. The number of pyridine rings is 5. The van der Waals surface area contributed by atoms with Crippen LogP contribution in [0.3, 0.4) is 0 Å². The van der Waals surface area contributed by atoms with Gasteiger partial charge in [-0.15, -0.1) is 95.2 Å². The van der Waals surface area contributed by atoms with Gasteiger partial charge < -0.3 is 23.8 Å². The molecule has 8 heteroatoms. The van der Waals surface area contributed by atoms with Gasteiger partial charge >= 0.3 is 20.1 Å². The molecular formula is C59H38IrN7. The monoisotopic (exact) mass is 1040 g/mol. The molecule has 0 N–H and O–H groups in total. The second kappa shape index (κ2) is 16.8. The van der Waals surface area contributed by atoms with Gasteiger partial charge in [0.2, 0.25) is 0 Å². The molecule has 0 saturated carbocycles. The second-order valence-corrected chi connectivity index (χ2v) is 17.1. The van der Waals surface area contributed by atoms with E-state index in [2.05, 4.69) is 134 Å². The fraction of sp³-hybridized carbons (Fsp3) is 0.0678. The van der Waals surface area contributed by atoms with E-state index >= 15 is 0 Å². The van der Waals surface area contributed by atoms with Crippen LogP contribution in [-0.4, -0.2) is 33.7 Å². The summed E-state index contributed by atoms with van der Waals surface area (Å²) >= 11 is 0. The number of aromatic nitrogens is 7. The molecule has 7 aromatic heterocycles. The van der Waals surface area contributed by atoms with Crippen molar-refractivity contribution in [3.8, 4) is 33.5 Å². The fourth-order valence-corrected chi connectivity index (χ4v) is 10.00. The molecular weight excluding hydrogens is 999 g/mol. The van der Waals surface area contributed by atoms with Crippen molar-refractivity contribution < 1.29 is 20.1 Å². The Labute approximate surface area is 399 Å². The number of fused-ring (bicyclic) bond motifs is 13. The minimum absolute atomic E-state index is 0. The molecule has 0 unspecified atom stereocenters. The summed E-state index contributed by atoms with van der Waals surface area (Å²) < 4.78 is 4.31. The third-order valence-corrected chi connectivity index (χ3v) is 13.1. The Balaban J connectivity index is 0.00000468. The summed E-state index contributed by atoms with van der Waals surface area (Å²) in [5.74, 6) is 0. The van der Waals surface area contributed by atoms with Gasteiger partial charge in [-0.05, 0) is 93.2 Å². The van der Waals surface area contributed by atoms with Crippen LogP contribution in [0.25, 0.3) is 98.9 Å². The summed E-state index contributed by atoms with van der Waals surface area (Å²) in [5.41, 5.74) is 17.5. The van der Waals surface area contributed by atoms with Crippen molar-refractivity contribution >= 4 is 65.4 Å². The molecule has 13 aromatic rings. The summed E-state index contributed by atoms with van der Waals surface area (Å²) in [6.07, 6.45) is 17.1. The van der Waals surface area contributed by atoms with Crippen LogP contribution in [0.5, 0.6) is 0 Å². The topological polar surface area (TPSA) is 73.3 Å². The normalized spacial score (nSPS) is 11.7. The van der Waals surface area contributed by atoms with Crippen molar-refractivity contribution in [1.82, 2.24) is 33.7 Å². The molecule has 318 valence electrons. The van der Waals surface area contributed by atoms with Crippen molar-refractivity contribution in [2.24, 2.45) is 0 Å². The first kappa shape index (κ1) is 40.6. The van der Waals surface area contributed by atoms with Crippen LogP contribution in [0, 0.1) is 18.2 Å². The van der Waals surface area contributed by atoms with Gasteiger partial charge in [-0.3, -0.25) is 0 Å². The maximum atomic E-state index is 5.10. The van der Waals surface area contributed by atoms with Gasteiger partial charge in [0.1, 0.15) is 0 Å². The Morgan fingerprint density at radius 3 is 1.55 bits per heavy atom. The van der Waals surface area contributed by atoms with Gasteiger partial charge in [0.15, 0.2) is 0 Å². The zero-order valence-electron chi connectivity index (χ0n) is 36.1. The van der Waals surface area contributed by atoms with E-state index in [-0.39, 0.29) is 20.1 Å². The molecule has 0 saturated heterocycles. The first-order chi connectivity index (χ1) is 32.7. The molecule has 7 nitrogen and oxygen atoms in total. The standard InChI is InChI=1S/C59H38N7.Ir/c1-2-12-42(13-3-1)57-49-19-9-6-16-46(49)52(33-64-57)45-15-5-4-14-44(45)43-27-38(22-24-40-29-53-58(62-31-40)50-20-10-7-17-47(50)55-34-60-36-65(53)55)26-39(28-43)23-25-41-30-54-59(63-32-41)51-21-11-8-18-48(51)56-35-61-37-66(54)56;/h1-12,14-19,26-37H,22-25H2;/q-3;+3. The maximum absolute atomic E-state index is 5.10. The third kappa shape index (κ3) is 7.05. The molecule has 0 atom stereocenters. The molecule has 0 amide bonds. The van der Waals surface area contributed by atoms with E-state index in [0.29, 0.717) is 0 Å². The van der Waals surface area contributed by atoms with Crippen LogP contribution in [0.15, 0.2) is 183 Å². The number of aryl methyl sites for hydroxylation is 4. The van der Waals surface area contributed by atoms with Gasteiger partial charge in [0.05, 0.1) is 12.7 Å². The van der Waals surface area contributed by atoms with Crippen LogP contribution in [0.1, 0.15) is 22.3 Å². The van der Waals surface area contributed by atoms with Gasteiger partial charge in [0, 0.05) is 69.6 Å². The smallest absolute Gasteiger partial charge is 0.314 e. The molecule has 67 heavy (non-hydrogen) atoms. The zero-order valence-corrected chi connectivity index (χ0v) is 38.5. The number of imidazole rings is 2. The van der Waals surface area contributed by atoms with E-state index in [1.165, 1.54) is 33.4 Å². The Morgan fingerprint density at radius 1 is 0.403 bits per heavy atom. The van der Waals surface area contributed by atoms with E-state index in [1.807, 2.05) is 86.1 Å². The number of rotatable bonds is 9. The van der Waals surface area contributed by atoms with Crippen LogP contribution in [0.4, 0.5) is 0 Å². The average Bonchev–Trinajstić information content (AvgIpc) is 4.10. The molecule has 6 aromatic carbocycles. The number of nitrogens with zero attached hydrogens (tertiary/aromatic N) is 7. The quantitative estimate of drug-likeness (QED) is 0.106. The largest absolute Gasteiger partial charge is 3.00 e. The van der Waals surface area contributed by atoms with Crippen molar-refractivity contribution in [1.29, 1.82) is 0 Å². The van der Waals surface area contributed by atoms with E-state index in [0.717, 1.165) is 113 Å². The summed E-state index contributed by atoms with van der Waals surface area (Å²) in [6, 6.07) is 59.6. The minimum Gasteiger partial charge on any atom is -0.314 e. The van der Waals surface area contributed by atoms with Crippen LogP contribution >= 0.6 is 0 Å². The number of hydrogen-bond acceptors (Lipinski definition) is 5. The molecule has 0 aliphatic carbocycles. The van der Waals surface area contributed by atoms with Crippen LogP contribution in [-0.2, 0) is 45.8 Å². The molecule has 0 spiro atoms. The first-order valence-electron chi connectivity index (χ1n) is 22.4. The Bertz CT molecular complexity index is 3850. The van der Waals surface area contributed by atoms with Gasteiger partial charge in [-0.1, -0.05) is 77.5 Å². The summed E-state index contributed by atoms with van der Waals surface area (Å²) in [5, 5.41) is 6.49. The first-order valence-corrected chi connectivity index (χ1v) is 22.4. The predicted molar refractivity (Wildman–Crippen MR) is 265 cm³/mol. The summed E-state index contributed by atoms with van der Waals surface area (Å²) in [4.78, 5) is 24.2. The zero-order chi connectivity index (χ0) is 43.6. The van der Waals surface area contributed by atoms with E-state index in [4.69, 9.17) is 15.0 Å². The third-order valence-electron chi connectivity index (χ3n) is 13.1. The van der Waals surface area contributed by atoms with Crippen molar-refractivity contribution in [2.75, 3.05) is 0 Å². The van der Waals surface area contributed by atoms with Crippen molar-refractivity contribution in [2.45, 2.75) is 25.7 Å². The number of benzene rings is 6. The van der Waals surface area contributed by atoms with E-state index in [1.54, 1.807) is 0 Å². The van der Waals surface area contributed by atoms with Gasteiger partial charge in [-0.2, -0.15) is 0 Å². The van der Waals surface area contributed by atoms with Crippen molar-refractivity contribution in [3.05, 3.63) is 224 Å². The van der Waals surface area contributed by atoms with E-state index in [9.17, 15) is 0 Å².